The van der Waals surface area contributed by atoms with E-state index in [1.807, 2.05) is 13.0 Å². The summed E-state index contributed by atoms with van der Waals surface area (Å²) < 4.78 is 32.7. The van der Waals surface area contributed by atoms with Crippen molar-refractivity contribution in [2.24, 2.45) is 0 Å². The van der Waals surface area contributed by atoms with Gasteiger partial charge in [-0.2, -0.15) is 0 Å². The average molecular weight is 377 g/mol. The van der Waals surface area contributed by atoms with Gasteiger partial charge in [0.1, 0.15) is 10.6 Å². The van der Waals surface area contributed by atoms with Crippen molar-refractivity contribution in [3.8, 4) is 5.75 Å². The van der Waals surface area contributed by atoms with E-state index in [2.05, 4.69) is 10.0 Å². The molecule has 7 heteroatoms. The molecule has 0 heterocycles. The number of rotatable bonds is 7. The number of methoxy groups -OCH3 is 1. The van der Waals surface area contributed by atoms with Crippen LogP contribution in [0.3, 0.4) is 0 Å². The van der Waals surface area contributed by atoms with Crippen LogP contribution in [-0.2, 0) is 10.0 Å². The van der Waals surface area contributed by atoms with Crippen LogP contribution in [0.15, 0.2) is 23.1 Å². The summed E-state index contributed by atoms with van der Waals surface area (Å²) in [4.78, 5) is 0.203. The van der Waals surface area contributed by atoms with Gasteiger partial charge in [-0.3, -0.25) is 0 Å². The molecule has 0 atom stereocenters. The molecule has 0 aliphatic heterocycles. The smallest absolute Gasteiger partial charge is 0.244 e. The van der Waals surface area contributed by atoms with Crippen molar-refractivity contribution in [2.45, 2.75) is 56.4 Å². The van der Waals surface area contributed by atoms with E-state index in [-0.39, 0.29) is 17.3 Å². The molecule has 24 heavy (non-hydrogen) atoms. The molecule has 0 amide bonds. The molecule has 1 saturated carbocycles. The van der Waals surface area contributed by atoms with Crippen LogP contribution >= 0.6 is 12.4 Å². The Morgan fingerprint density at radius 1 is 1.12 bits per heavy atom. The molecule has 0 spiro atoms. The number of aryl methyl sites for hydroxylation is 1. The maximum atomic E-state index is 12.5. The minimum Gasteiger partial charge on any atom is -0.495 e. The van der Waals surface area contributed by atoms with E-state index in [1.165, 1.54) is 45.6 Å². The van der Waals surface area contributed by atoms with Crippen LogP contribution in [0.1, 0.15) is 44.1 Å². The molecule has 2 rings (SSSR count). The zero-order valence-corrected chi connectivity index (χ0v) is 16.1. The highest BCUT2D eigenvalue weighted by atomic mass is 35.5. The van der Waals surface area contributed by atoms with Gasteiger partial charge in [0.15, 0.2) is 0 Å². The van der Waals surface area contributed by atoms with Gasteiger partial charge in [0.2, 0.25) is 10.0 Å². The zero-order chi connectivity index (χ0) is 16.7. The molecule has 5 nitrogen and oxygen atoms in total. The topological polar surface area (TPSA) is 67.4 Å². The van der Waals surface area contributed by atoms with Crippen LogP contribution in [0.2, 0.25) is 0 Å². The van der Waals surface area contributed by atoms with Gasteiger partial charge >= 0.3 is 0 Å². The second-order valence-corrected chi connectivity index (χ2v) is 7.93. The first-order chi connectivity index (χ1) is 11.0. The first-order valence-corrected chi connectivity index (χ1v) is 9.89. The van der Waals surface area contributed by atoms with Gasteiger partial charge in [-0.05, 0) is 37.5 Å². The SMILES string of the molecule is COc1ccc(C)cc1S(=O)(=O)NCCNC1CCCCCC1.Cl. The second kappa shape index (κ2) is 10.2. The van der Waals surface area contributed by atoms with Crippen LogP contribution in [0.4, 0.5) is 0 Å². The number of ether oxygens (including phenoxy) is 1. The van der Waals surface area contributed by atoms with E-state index in [4.69, 9.17) is 4.74 Å². The zero-order valence-electron chi connectivity index (χ0n) is 14.5. The minimum absolute atomic E-state index is 0. The fraction of sp³-hybridized carbons (Fsp3) is 0.647. The van der Waals surface area contributed by atoms with Crippen molar-refractivity contribution in [2.75, 3.05) is 20.2 Å². The summed E-state index contributed by atoms with van der Waals surface area (Å²) in [5.74, 6) is 0.375. The fourth-order valence-electron chi connectivity index (χ4n) is 3.02. The van der Waals surface area contributed by atoms with Crippen molar-refractivity contribution >= 4 is 22.4 Å². The molecule has 0 unspecified atom stereocenters. The summed E-state index contributed by atoms with van der Waals surface area (Å²) in [7, 11) is -2.07. The molecule has 0 aromatic heterocycles. The van der Waals surface area contributed by atoms with Crippen molar-refractivity contribution < 1.29 is 13.2 Å². The lowest BCUT2D eigenvalue weighted by molar-refractivity contribution is 0.402. The van der Waals surface area contributed by atoms with Gasteiger partial charge < -0.3 is 10.1 Å². The fourth-order valence-corrected chi connectivity index (χ4v) is 4.30. The predicted octanol–water partition coefficient (Wildman–Crippen LogP) is 3.02. The average Bonchev–Trinajstić information content (AvgIpc) is 2.80. The Hall–Kier alpha value is -0.820. The highest BCUT2D eigenvalue weighted by molar-refractivity contribution is 7.89. The van der Waals surface area contributed by atoms with Crippen molar-refractivity contribution in [3.63, 3.8) is 0 Å². The van der Waals surface area contributed by atoms with Gasteiger partial charge in [-0.25, -0.2) is 13.1 Å². The molecule has 1 aromatic rings. The molecule has 1 fully saturated rings. The minimum atomic E-state index is -3.55. The summed E-state index contributed by atoms with van der Waals surface area (Å²) in [6.07, 6.45) is 7.56. The van der Waals surface area contributed by atoms with E-state index >= 15 is 0 Å². The normalized spacial score (nSPS) is 16.2. The molecule has 1 aliphatic rings. The summed E-state index contributed by atoms with van der Waals surface area (Å²) in [5, 5.41) is 3.47. The Kier molecular flexibility index (Phi) is 9.05. The molecular formula is C17H29ClN2O3S. The third-order valence-electron chi connectivity index (χ3n) is 4.31. The van der Waals surface area contributed by atoms with Gasteiger partial charge in [0.05, 0.1) is 7.11 Å². The largest absolute Gasteiger partial charge is 0.495 e. The Bertz CT molecular complexity index is 600. The Balaban J connectivity index is 0.00000288. The van der Waals surface area contributed by atoms with Gasteiger partial charge in [0, 0.05) is 19.1 Å². The standard InChI is InChI=1S/C17H28N2O3S.ClH/c1-14-9-10-16(22-2)17(13-14)23(20,21)19-12-11-18-15-7-5-3-4-6-8-15;/h9-10,13,15,18-19H,3-8,11-12H2,1-2H3;1H. The van der Waals surface area contributed by atoms with Gasteiger partial charge in [-0.15, -0.1) is 12.4 Å². The summed E-state index contributed by atoms with van der Waals surface area (Å²) in [6.45, 7) is 2.90. The van der Waals surface area contributed by atoms with Crippen LogP contribution < -0.4 is 14.8 Å². The third-order valence-corrected chi connectivity index (χ3v) is 5.80. The van der Waals surface area contributed by atoms with E-state index < -0.39 is 10.0 Å². The first kappa shape index (κ1) is 21.2. The lowest BCUT2D eigenvalue weighted by atomic mass is 10.1. The molecule has 138 valence electrons. The second-order valence-electron chi connectivity index (χ2n) is 6.19. The van der Waals surface area contributed by atoms with Crippen molar-refractivity contribution in [3.05, 3.63) is 23.8 Å². The maximum Gasteiger partial charge on any atom is 0.244 e. The van der Waals surface area contributed by atoms with Crippen molar-refractivity contribution in [1.29, 1.82) is 0 Å². The summed E-state index contributed by atoms with van der Waals surface area (Å²) in [5.41, 5.74) is 0.891. The van der Waals surface area contributed by atoms with Gasteiger partial charge in [-0.1, -0.05) is 31.7 Å². The van der Waals surface area contributed by atoms with Crippen LogP contribution in [0.25, 0.3) is 0 Å². The van der Waals surface area contributed by atoms with E-state index in [0.717, 1.165) is 5.56 Å². The van der Waals surface area contributed by atoms with E-state index in [9.17, 15) is 8.42 Å². The summed E-state index contributed by atoms with van der Waals surface area (Å²) >= 11 is 0. The Labute approximate surface area is 152 Å². The number of nitrogens with one attached hydrogen (secondary N) is 2. The molecule has 0 radical (unpaired) electrons. The number of hydrogen-bond acceptors (Lipinski definition) is 4. The monoisotopic (exact) mass is 376 g/mol. The van der Waals surface area contributed by atoms with Crippen LogP contribution in [0, 0.1) is 6.92 Å². The lowest BCUT2D eigenvalue weighted by Crippen LogP contribution is -2.37. The molecule has 0 bridgehead atoms. The third kappa shape index (κ3) is 6.24. The van der Waals surface area contributed by atoms with Crippen LogP contribution in [-0.4, -0.2) is 34.7 Å². The number of benzene rings is 1. The predicted molar refractivity (Wildman–Crippen MR) is 99.7 cm³/mol. The first-order valence-electron chi connectivity index (χ1n) is 8.40. The van der Waals surface area contributed by atoms with Crippen molar-refractivity contribution in [1.82, 2.24) is 10.0 Å². The highest BCUT2D eigenvalue weighted by Gasteiger charge is 2.19. The molecule has 2 N–H and O–H groups in total. The molecule has 1 aromatic carbocycles. The molecule has 0 saturated heterocycles. The number of hydrogen-bond donors (Lipinski definition) is 2. The number of sulfonamides is 1. The maximum absolute atomic E-state index is 12.5. The van der Waals surface area contributed by atoms with E-state index in [1.54, 1.807) is 12.1 Å². The van der Waals surface area contributed by atoms with Gasteiger partial charge in [0.25, 0.3) is 0 Å². The summed E-state index contributed by atoms with van der Waals surface area (Å²) in [6, 6.07) is 5.69. The molecular weight excluding hydrogens is 348 g/mol. The van der Waals surface area contributed by atoms with Crippen LogP contribution in [0.5, 0.6) is 5.75 Å². The van der Waals surface area contributed by atoms with E-state index in [0.29, 0.717) is 24.9 Å². The molecule has 1 aliphatic carbocycles. The lowest BCUT2D eigenvalue weighted by Gasteiger charge is -2.16. The quantitative estimate of drug-likeness (QED) is 0.567. The Morgan fingerprint density at radius 3 is 2.42 bits per heavy atom. The Morgan fingerprint density at radius 2 is 1.79 bits per heavy atom. The number of halogens is 1. The highest BCUT2D eigenvalue weighted by Crippen LogP contribution is 2.24.